The van der Waals surface area contributed by atoms with Gasteiger partial charge in [0.25, 0.3) is 5.91 Å². The Morgan fingerprint density at radius 3 is 2.92 bits per heavy atom. The highest BCUT2D eigenvalue weighted by atomic mass is 32.2. The molecular weight excluding hydrogens is 334 g/mol. The number of carbonyl (C=O) groups excluding carboxylic acids is 1. The summed E-state index contributed by atoms with van der Waals surface area (Å²) in [6.07, 6.45) is 1.84. The van der Waals surface area contributed by atoms with Crippen molar-refractivity contribution in [1.82, 2.24) is 19.4 Å². The van der Waals surface area contributed by atoms with Gasteiger partial charge in [0.05, 0.1) is 36.4 Å². The Morgan fingerprint density at radius 1 is 1.46 bits per heavy atom. The predicted octanol–water partition coefficient (Wildman–Crippen LogP) is -0.171. The molecular formula is C14H21N5O4S. The van der Waals surface area contributed by atoms with Crippen molar-refractivity contribution in [2.45, 2.75) is 45.5 Å². The molecule has 1 unspecified atom stereocenters. The number of amides is 1. The van der Waals surface area contributed by atoms with Crippen LogP contribution < -0.4 is 5.32 Å². The van der Waals surface area contributed by atoms with Crippen LogP contribution in [0.2, 0.25) is 0 Å². The fraction of sp³-hybridized carbons (Fsp3) is 0.643. The summed E-state index contributed by atoms with van der Waals surface area (Å²) in [5.41, 5.74) is 2.33. The van der Waals surface area contributed by atoms with E-state index in [4.69, 9.17) is 4.84 Å². The van der Waals surface area contributed by atoms with Gasteiger partial charge >= 0.3 is 0 Å². The second-order valence-corrected chi connectivity index (χ2v) is 8.13. The third-order valence-electron chi connectivity index (χ3n) is 4.05. The van der Waals surface area contributed by atoms with Gasteiger partial charge in [0.1, 0.15) is 0 Å². The number of nitrogens with one attached hydrogen (secondary N) is 1. The van der Waals surface area contributed by atoms with Crippen molar-refractivity contribution >= 4 is 21.6 Å². The Balaban J connectivity index is 1.62. The summed E-state index contributed by atoms with van der Waals surface area (Å²) < 4.78 is 26.8. The molecule has 3 heterocycles. The number of oxime groups is 1. The maximum absolute atomic E-state index is 12.0. The summed E-state index contributed by atoms with van der Waals surface area (Å²) >= 11 is 0. The fourth-order valence-corrected chi connectivity index (χ4v) is 3.62. The van der Waals surface area contributed by atoms with Crippen LogP contribution in [-0.4, -0.2) is 53.0 Å². The molecule has 2 aliphatic heterocycles. The maximum atomic E-state index is 12.0. The lowest BCUT2D eigenvalue weighted by atomic mass is 10.2. The molecule has 0 bridgehead atoms. The van der Waals surface area contributed by atoms with Gasteiger partial charge in [0, 0.05) is 19.5 Å². The lowest BCUT2D eigenvalue weighted by Crippen LogP contribution is -2.34. The third kappa shape index (κ3) is 3.75. The molecule has 1 atom stereocenters. The van der Waals surface area contributed by atoms with Gasteiger partial charge in [0.15, 0.2) is 0 Å². The van der Waals surface area contributed by atoms with E-state index < -0.39 is 16.1 Å². The van der Waals surface area contributed by atoms with Crippen LogP contribution >= 0.6 is 0 Å². The molecule has 1 N–H and O–H groups in total. The highest BCUT2D eigenvalue weighted by Crippen LogP contribution is 2.16. The van der Waals surface area contributed by atoms with Crippen LogP contribution in [0, 0.1) is 0 Å². The number of carbonyl (C=O) groups is 1. The number of fused-ring (bicyclic) bond motifs is 1. The topological polar surface area (TPSA) is 106 Å². The van der Waals surface area contributed by atoms with Crippen molar-refractivity contribution in [3.05, 3.63) is 17.5 Å². The first-order chi connectivity index (χ1) is 11.3. The number of rotatable bonds is 4. The van der Waals surface area contributed by atoms with E-state index >= 15 is 0 Å². The van der Waals surface area contributed by atoms with Crippen molar-refractivity contribution in [2.75, 3.05) is 12.8 Å². The second kappa shape index (κ2) is 6.52. The van der Waals surface area contributed by atoms with E-state index in [1.807, 2.05) is 17.7 Å². The second-order valence-electron chi connectivity index (χ2n) is 6.14. The van der Waals surface area contributed by atoms with Crippen LogP contribution in [0.5, 0.6) is 0 Å². The Bertz CT molecular complexity index is 770. The van der Waals surface area contributed by atoms with Crippen molar-refractivity contribution in [2.24, 2.45) is 5.16 Å². The molecule has 0 radical (unpaired) electrons. The van der Waals surface area contributed by atoms with Gasteiger partial charge in [-0.2, -0.15) is 9.40 Å². The van der Waals surface area contributed by atoms with Crippen LogP contribution in [0.25, 0.3) is 0 Å². The van der Waals surface area contributed by atoms with Crippen LogP contribution in [-0.2, 0) is 39.3 Å². The summed E-state index contributed by atoms with van der Waals surface area (Å²) in [7, 11) is -3.23. The van der Waals surface area contributed by atoms with Crippen LogP contribution in [0.1, 0.15) is 31.2 Å². The molecule has 3 rings (SSSR count). The quantitative estimate of drug-likeness (QED) is 0.807. The van der Waals surface area contributed by atoms with E-state index in [0.29, 0.717) is 38.2 Å². The smallest absolute Gasteiger partial charge is 0.264 e. The number of aryl methyl sites for hydroxylation is 1. The average molecular weight is 355 g/mol. The molecule has 2 aliphatic rings. The normalized spacial score (nSPS) is 21.6. The molecule has 1 aromatic rings. The van der Waals surface area contributed by atoms with E-state index in [0.717, 1.165) is 11.4 Å². The van der Waals surface area contributed by atoms with Gasteiger partial charge in [0.2, 0.25) is 16.1 Å². The van der Waals surface area contributed by atoms with Gasteiger partial charge in [-0.3, -0.25) is 9.48 Å². The summed E-state index contributed by atoms with van der Waals surface area (Å²) in [5, 5.41) is 11.0. The lowest BCUT2D eigenvalue weighted by molar-refractivity contribution is -0.131. The zero-order chi connectivity index (χ0) is 17.3. The fourth-order valence-electron chi connectivity index (χ4n) is 2.79. The minimum atomic E-state index is -3.23. The van der Waals surface area contributed by atoms with Crippen LogP contribution in [0.3, 0.4) is 0 Å². The number of hydrogen-bond donors (Lipinski definition) is 1. The highest BCUT2D eigenvalue weighted by molar-refractivity contribution is 7.88. The van der Waals surface area contributed by atoms with Gasteiger partial charge < -0.3 is 10.2 Å². The van der Waals surface area contributed by atoms with Crippen LogP contribution in [0.15, 0.2) is 11.2 Å². The van der Waals surface area contributed by atoms with Crippen molar-refractivity contribution in [1.29, 1.82) is 0 Å². The first-order valence-corrected chi connectivity index (χ1v) is 9.65. The summed E-state index contributed by atoms with van der Waals surface area (Å²) in [6, 6.07) is 1.83. The molecule has 0 aliphatic carbocycles. The monoisotopic (exact) mass is 355 g/mol. The Labute approximate surface area is 140 Å². The Hall–Kier alpha value is -1.94. The molecule has 0 fully saturated rings. The maximum Gasteiger partial charge on any atom is 0.264 e. The molecule has 24 heavy (non-hydrogen) atoms. The van der Waals surface area contributed by atoms with E-state index in [9.17, 15) is 13.2 Å². The van der Waals surface area contributed by atoms with E-state index in [2.05, 4.69) is 15.6 Å². The molecule has 10 heteroatoms. The van der Waals surface area contributed by atoms with Crippen molar-refractivity contribution in [3.63, 3.8) is 0 Å². The number of hydrogen-bond acceptors (Lipinski definition) is 6. The first kappa shape index (κ1) is 16.9. The molecule has 0 aromatic carbocycles. The molecule has 132 valence electrons. The largest absolute Gasteiger partial charge is 0.382 e. The summed E-state index contributed by atoms with van der Waals surface area (Å²) in [5.74, 6) is -0.225. The standard InChI is InChI=1S/C14H21N5O4S/c1-10-6-13(23-17-10)14(20)15-8-11-7-12-9-18(24(2,21)22)4-3-5-19(12)16-11/h7,13H,3-6,8-9H2,1-2H3,(H,15,20). The lowest BCUT2D eigenvalue weighted by Gasteiger charge is -2.16. The molecule has 9 nitrogen and oxygen atoms in total. The summed E-state index contributed by atoms with van der Waals surface area (Å²) in [6.45, 7) is 3.54. The van der Waals surface area contributed by atoms with Gasteiger partial charge in [-0.1, -0.05) is 5.16 Å². The zero-order valence-electron chi connectivity index (χ0n) is 13.7. The molecule has 1 aromatic heterocycles. The van der Waals surface area contributed by atoms with E-state index in [1.54, 1.807) is 0 Å². The van der Waals surface area contributed by atoms with E-state index in [1.165, 1.54) is 10.6 Å². The first-order valence-electron chi connectivity index (χ1n) is 7.80. The van der Waals surface area contributed by atoms with Gasteiger partial charge in [-0.15, -0.1) is 0 Å². The van der Waals surface area contributed by atoms with Gasteiger partial charge in [-0.25, -0.2) is 8.42 Å². The van der Waals surface area contributed by atoms with Crippen molar-refractivity contribution < 1.29 is 18.0 Å². The third-order valence-corrected chi connectivity index (χ3v) is 5.30. The SMILES string of the molecule is CC1=NOC(C(=O)NCc2cc3n(n2)CCCN(S(C)(=O)=O)C3)C1. The minimum absolute atomic E-state index is 0.225. The Morgan fingerprint density at radius 2 is 2.25 bits per heavy atom. The Kier molecular flexibility index (Phi) is 4.59. The molecule has 1 amide bonds. The summed E-state index contributed by atoms with van der Waals surface area (Å²) in [4.78, 5) is 17.1. The molecule has 0 saturated heterocycles. The van der Waals surface area contributed by atoms with Gasteiger partial charge in [-0.05, 0) is 19.4 Å². The molecule has 0 spiro atoms. The van der Waals surface area contributed by atoms with E-state index in [-0.39, 0.29) is 12.5 Å². The predicted molar refractivity (Wildman–Crippen MR) is 86.5 cm³/mol. The average Bonchev–Trinajstić information content (AvgIpc) is 3.04. The highest BCUT2D eigenvalue weighted by Gasteiger charge is 2.26. The molecule has 0 saturated carbocycles. The number of sulfonamides is 1. The zero-order valence-corrected chi connectivity index (χ0v) is 14.5. The number of aromatic nitrogens is 2. The minimum Gasteiger partial charge on any atom is -0.382 e. The van der Waals surface area contributed by atoms with Crippen molar-refractivity contribution in [3.8, 4) is 0 Å². The van der Waals surface area contributed by atoms with Crippen LogP contribution in [0.4, 0.5) is 0 Å². The number of nitrogens with zero attached hydrogens (tertiary/aromatic N) is 4.